The quantitative estimate of drug-likeness (QED) is 0.632. The minimum absolute atomic E-state index is 0.578. The Morgan fingerprint density at radius 2 is 1.75 bits per heavy atom. The Labute approximate surface area is 119 Å². The maximum absolute atomic E-state index is 8.92. The Kier molecular flexibility index (Phi) is 3.85. The summed E-state index contributed by atoms with van der Waals surface area (Å²) in [6, 6.07) is 8.09. The number of nitrogens with zero attached hydrogens (tertiary/aromatic N) is 5. The maximum atomic E-state index is 8.92. The van der Waals surface area contributed by atoms with E-state index >= 15 is 0 Å². The van der Waals surface area contributed by atoms with Crippen LogP contribution in [-0.2, 0) is 0 Å². The fraction of sp³-hybridized carbons (Fsp3) is 0.267. The third kappa shape index (κ3) is 2.69. The van der Waals surface area contributed by atoms with Crippen molar-refractivity contribution in [2.24, 2.45) is 0 Å². The van der Waals surface area contributed by atoms with Crippen LogP contribution < -0.4 is 9.80 Å². The molecule has 0 radical (unpaired) electrons. The van der Waals surface area contributed by atoms with Crippen LogP contribution in [0.25, 0.3) is 0 Å². The highest BCUT2D eigenvalue weighted by Gasteiger charge is 2.11. The van der Waals surface area contributed by atoms with Crippen LogP contribution in [0.1, 0.15) is 11.1 Å². The van der Waals surface area contributed by atoms with Gasteiger partial charge in [0.2, 0.25) is 0 Å². The zero-order valence-electron chi connectivity index (χ0n) is 12.1. The first-order chi connectivity index (χ1) is 9.52. The van der Waals surface area contributed by atoms with Crippen LogP contribution in [0, 0.1) is 25.3 Å². The molecule has 1 aromatic heterocycles. The minimum Gasteiger partial charge on any atom is -0.329 e. The van der Waals surface area contributed by atoms with Crippen LogP contribution in [0.4, 0.5) is 17.3 Å². The van der Waals surface area contributed by atoms with E-state index in [1.54, 1.807) is 13.1 Å². The molecule has 2 rings (SSSR count). The van der Waals surface area contributed by atoms with Gasteiger partial charge in [-0.15, -0.1) is 0 Å². The number of benzene rings is 1. The van der Waals surface area contributed by atoms with Gasteiger partial charge in [0.1, 0.15) is 18.0 Å². The van der Waals surface area contributed by atoms with Gasteiger partial charge in [0.25, 0.3) is 0 Å². The van der Waals surface area contributed by atoms with Crippen molar-refractivity contribution < 1.29 is 0 Å². The van der Waals surface area contributed by atoms with Crippen LogP contribution in [0.15, 0.2) is 30.6 Å². The van der Waals surface area contributed by atoms with E-state index in [9.17, 15) is 0 Å². The fourth-order valence-corrected chi connectivity index (χ4v) is 1.96. The average Bonchev–Trinajstić information content (AvgIpc) is 2.48. The lowest BCUT2D eigenvalue weighted by Gasteiger charge is -2.21. The van der Waals surface area contributed by atoms with Crippen LogP contribution in [0.5, 0.6) is 0 Å². The third-order valence-electron chi connectivity index (χ3n) is 3.20. The summed E-state index contributed by atoms with van der Waals surface area (Å²) in [5.74, 6) is 1.33. The summed E-state index contributed by atoms with van der Waals surface area (Å²) < 4.78 is 0. The first kappa shape index (κ1) is 13.8. The van der Waals surface area contributed by atoms with E-state index in [0.29, 0.717) is 5.82 Å². The van der Waals surface area contributed by atoms with E-state index in [4.69, 9.17) is 5.26 Å². The summed E-state index contributed by atoms with van der Waals surface area (Å²) in [4.78, 5) is 11.8. The number of hydrogen-bond donors (Lipinski definition) is 0. The highest BCUT2D eigenvalue weighted by molar-refractivity contribution is 5.65. The van der Waals surface area contributed by atoms with Crippen molar-refractivity contribution in [1.82, 2.24) is 9.97 Å². The number of nitriles is 1. The first-order valence-corrected chi connectivity index (χ1v) is 6.29. The van der Waals surface area contributed by atoms with Gasteiger partial charge in [0.05, 0.1) is 0 Å². The molecule has 1 aromatic carbocycles. The summed E-state index contributed by atoms with van der Waals surface area (Å²) in [6.07, 6.45) is 3.50. The van der Waals surface area contributed by atoms with Crippen LogP contribution >= 0.6 is 0 Å². The molecule has 0 fully saturated rings. The van der Waals surface area contributed by atoms with E-state index < -0.39 is 0 Å². The normalized spacial score (nSPS) is 9.95. The maximum Gasteiger partial charge on any atom is 0.185 e. The molecule has 0 amide bonds. The van der Waals surface area contributed by atoms with Gasteiger partial charge in [-0.25, -0.2) is 9.97 Å². The van der Waals surface area contributed by atoms with Crippen molar-refractivity contribution in [3.63, 3.8) is 0 Å². The lowest BCUT2D eigenvalue weighted by molar-refractivity contribution is 1.04. The molecule has 0 N–H and O–H groups in total. The highest BCUT2D eigenvalue weighted by Crippen LogP contribution is 2.27. The lowest BCUT2D eigenvalue weighted by atomic mass is 10.1. The van der Waals surface area contributed by atoms with Crippen molar-refractivity contribution in [3.8, 4) is 6.19 Å². The van der Waals surface area contributed by atoms with E-state index in [1.807, 2.05) is 18.1 Å². The van der Waals surface area contributed by atoms with Gasteiger partial charge in [-0.3, -0.25) is 4.90 Å². The van der Waals surface area contributed by atoms with Crippen LogP contribution in [0.2, 0.25) is 0 Å². The van der Waals surface area contributed by atoms with Crippen LogP contribution in [-0.4, -0.2) is 24.1 Å². The molecule has 0 saturated heterocycles. The first-order valence-electron chi connectivity index (χ1n) is 6.29. The Balaban J connectivity index is 2.41. The largest absolute Gasteiger partial charge is 0.329 e. The molecule has 0 aliphatic heterocycles. The van der Waals surface area contributed by atoms with Gasteiger partial charge in [-0.2, -0.15) is 5.26 Å². The molecule has 20 heavy (non-hydrogen) atoms. The molecule has 0 unspecified atom stereocenters. The summed E-state index contributed by atoms with van der Waals surface area (Å²) >= 11 is 0. The third-order valence-corrected chi connectivity index (χ3v) is 3.20. The molecule has 0 aliphatic carbocycles. The van der Waals surface area contributed by atoms with Gasteiger partial charge in [-0.1, -0.05) is 12.1 Å². The molecular formula is C15H17N5. The molecule has 102 valence electrons. The second kappa shape index (κ2) is 5.57. The molecule has 0 atom stereocenters. The van der Waals surface area contributed by atoms with Crippen molar-refractivity contribution >= 4 is 17.3 Å². The number of aryl methyl sites for hydroxylation is 2. The molecule has 0 bridgehead atoms. The standard InChI is InChI=1S/C15H17N5/c1-11-5-6-12(2)13(7-11)20(4)15-8-14(17-10-18-15)19(3)9-16/h5-8,10H,1-4H3. The van der Waals surface area contributed by atoms with Gasteiger partial charge < -0.3 is 4.90 Å². The van der Waals surface area contributed by atoms with Crippen molar-refractivity contribution in [2.75, 3.05) is 23.9 Å². The van der Waals surface area contributed by atoms with E-state index in [-0.39, 0.29) is 0 Å². The SMILES string of the molecule is Cc1ccc(C)c(N(C)c2cc(N(C)C#N)ncn2)c1. The van der Waals surface area contributed by atoms with Gasteiger partial charge in [0.15, 0.2) is 6.19 Å². The molecule has 0 saturated carbocycles. The summed E-state index contributed by atoms with van der Waals surface area (Å²) in [7, 11) is 3.63. The zero-order chi connectivity index (χ0) is 14.7. The number of anilines is 3. The second-order valence-electron chi connectivity index (χ2n) is 4.74. The van der Waals surface area contributed by atoms with Crippen molar-refractivity contribution in [1.29, 1.82) is 5.26 Å². The zero-order valence-corrected chi connectivity index (χ0v) is 12.1. The predicted octanol–water partition coefficient (Wildman–Crippen LogP) is 2.78. The summed E-state index contributed by atoms with van der Waals surface area (Å²) in [5, 5.41) is 8.92. The number of aromatic nitrogens is 2. The molecule has 1 heterocycles. The van der Waals surface area contributed by atoms with Gasteiger partial charge in [-0.05, 0) is 31.0 Å². The smallest absolute Gasteiger partial charge is 0.185 e. The van der Waals surface area contributed by atoms with Crippen LogP contribution in [0.3, 0.4) is 0 Å². The molecule has 0 aliphatic rings. The summed E-state index contributed by atoms with van der Waals surface area (Å²) in [5.41, 5.74) is 3.46. The van der Waals surface area contributed by atoms with Crippen molar-refractivity contribution in [2.45, 2.75) is 13.8 Å². The Morgan fingerprint density at radius 1 is 1.05 bits per heavy atom. The lowest BCUT2D eigenvalue weighted by Crippen LogP contribution is -2.15. The molecule has 5 heteroatoms. The molecular weight excluding hydrogens is 250 g/mol. The Hall–Kier alpha value is -2.61. The Bertz CT molecular complexity index is 660. The van der Waals surface area contributed by atoms with E-state index in [1.165, 1.54) is 22.4 Å². The van der Waals surface area contributed by atoms with Gasteiger partial charge >= 0.3 is 0 Å². The highest BCUT2D eigenvalue weighted by atomic mass is 15.2. The molecule has 2 aromatic rings. The molecule has 5 nitrogen and oxygen atoms in total. The number of hydrogen-bond acceptors (Lipinski definition) is 5. The molecule has 0 spiro atoms. The van der Waals surface area contributed by atoms with Crippen molar-refractivity contribution in [3.05, 3.63) is 41.7 Å². The van der Waals surface area contributed by atoms with E-state index in [2.05, 4.69) is 42.0 Å². The monoisotopic (exact) mass is 267 g/mol. The second-order valence-corrected chi connectivity index (χ2v) is 4.74. The average molecular weight is 267 g/mol. The topological polar surface area (TPSA) is 56.0 Å². The van der Waals surface area contributed by atoms with Gasteiger partial charge in [0, 0.05) is 25.8 Å². The minimum atomic E-state index is 0.578. The Morgan fingerprint density at radius 3 is 2.45 bits per heavy atom. The fourth-order valence-electron chi connectivity index (χ4n) is 1.96. The predicted molar refractivity (Wildman–Crippen MR) is 80.0 cm³/mol. The van der Waals surface area contributed by atoms with E-state index in [0.717, 1.165) is 11.5 Å². The summed E-state index contributed by atoms with van der Waals surface area (Å²) in [6.45, 7) is 4.13. The number of rotatable bonds is 3.